The fourth-order valence-corrected chi connectivity index (χ4v) is 4.58. The Bertz CT molecular complexity index is 402. The Morgan fingerprint density at radius 3 is 2.55 bits per heavy atom. The van der Waals surface area contributed by atoms with Crippen molar-refractivity contribution in [2.45, 2.75) is 64.0 Å². The summed E-state index contributed by atoms with van der Waals surface area (Å²) in [5.74, 6) is 0.618. The van der Waals surface area contributed by atoms with Crippen LogP contribution in [-0.4, -0.2) is 56.0 Å². The fraction of sp³-hybridized carbons (Fsp3) is 1.00. The number of hydrogen-bond acceptors (Lipinski definition) is 4. The average molecular weight is 302 g/mol. The van der Waals surface area contributed by atoms with Gasteiger partial charge in [0.1, 0.15) is 9.84 Å². The molecular weight excluding hydrogens is 272 g/mol. The van der Waals surface area contributed by atoms with Gasteiger partial charge in [0.2, 0.25) is 0 Å². The van der Waals surface area contributed by atoms with Gasteiger partial charge in [-0.05, 0) is 32.2 Å². The zero-order valence-corrected chi connectivity index (χ0v) is 13.8. The van der Waals surface area contributed by atoms with Gasteiger partial charge in [-0.25, -0.2) is 8.42 Å². The van der Waals surface area contributed by atoms with E-state index in [1.807, 2.05) is 0 Å². The molecule has 1 unspecified atom stereocenters. The quantitative estimate of drug-likeness (QED) is 0.813. The normalized spacial score (nSPS) is 27.2. The second-order valence-electron chi connectivity index (χ2n) is 6.49. The van der Waals surface area contributed by atoms with Crippen LogP contribution in [0.1, 0.15) is 52.4 Å². The molecule has 1 aliphatic carbocycles. The van der Waals surface area contributed by atoms with Crippen molar-refractivity contribution >= 4 is 9.84 Å². The summed E-state index contributed by atoms with van der Waals surface area (Å²) in [6, 6.07) is 0.575. The average Bonchev–Trinajstić information content (AvgIpc) is 2.87. The van der Waals surface area contributed by atoms with E-state index in [0.717, 1.165) is 32.5 Å². The van der Waals surface area contributed by atoms with Crippen molar-refractivity contribution in [3.8, 4) is 0 Å². The van der Waals surface area contributed by atoms with Crippen molar-refractivity contribution in [3.63, 3.8) is 0 Å². The highest BCUT2D eigenvalue weighted by Crippen LogP contribution is 2.33. The van der Waals surface area contributed by atoms with Crippen molar-refractivity contribution in [2.24, 2.45) is 0 Å². The third-order valence-electron chi connectivity index (χ3n) is 5.11. The van der Waals surface area contributed by atoms with E-state index in [4.69, 9.17) is 0 Å². The number of hydrogen-bond donors (Lipinski definition) is 1. The first-order valence-electron chi connectivity index (χ1n) is 8.20. The molecule has 1 saturated heterocycles. The second-order valence-corrected chi connectivity index (χ2v) is 8.96. The minimum absolute atomic E-state index is 0.274. The predicted octanol–water partition coefficient (Wildman–Crippen LogP) is 1.81. The Hall–Kier alpha value is -0.130. The van der Waals surface area contributed by atoms with E-state index in [-0.39, 0.29) is 5.75 Å². The molecule has 1 aliphatic heterocycles. The summed E-state index contributed by atoms with van der Waals surface area (Å²) in [6.45, 7) is 7.08. The van der Waals surface area contributed by atoms with Crippen LogP contribution < -0.4 is 5.32 Å². The van der Waals surface area contributed by atoms with Gasteiger partial charge in [0.15, 0.2) is 0 Å². The monoisotopic (exact) mass is 302 g/mol. The second kappa shape index (κ2) is 6.75. The lowest BCUT2D eigenvalue weighted by molar-refractivity contribution is 0.0786. The maximum Gasteiger partial charge on any atom is 0.150 e. The van der Waals surface area contributed by atoms with Crippen molar-refractivity contribution in [1.82, 2.24) is 10.2 Å². The molecule has 1 heterocycles. The zero-order valence-electron chi connectivity index (χ0n) is 13.0. The van der Waals surface area contributed by atoms with E-state index in [0.29, 0.717) is 17.3 Å². The first-order chi connectivity index (χ1) is 9.50. The fourth-order valence-electron chi connectivity index (χ4n) is 3.72. The van der Waals surface area contributed by atoms with Crippen LogP contribution in [0.25, 0.3) is 0 Å². The molecule has 2 fully saturated rings. The highest BCUT2D eigenvalue weighted by Gasteiger charge is 2.40. The summed E-state index contributed by atoms with van der Waals surface area (Å²) in [7, 11) is -2.81. The summed E-state index contributed by atoms with van der Waals surface area (Å²) in [5.41, 5.74) is 0.329. The molecular formula is C15H30N2O2S. The lowest BCUT2D eigenvalue weighted by Crippen LogP contribution is -2.63. The number of sulfone groups is 1. The van der Waals surface area contributed by atoms with E-state index in [1.54, 1.807) is 6.92 Å². The lowest BCUT2D eigenvalue weighted by atomic mass is 9.91. The molecule has 0 aromatic carbocycles. The minimum atomic E-state index is -2.81. The Labute approximate surface area is 124 Å². The van der Waals surface area contributed by atoms with Crippen LogP contribution in [-0.2, 0) is 9.84 Å². The Balaban J connectivity index is 1.89. The molecule has 4 nitrogen and oxygen atoms in total. The van der Waals surface area contributed by atoms with Gasteiger partial charge >= 0.3 is 0 Å². The molecule has 0 amide bonds. The van der Waals surface area contributed by atoms with Crippen LogP contribution >= 0.6 is 0 Å². The molecule has 20 heavy (non-hydrogen) atoms. The number of nitrogens with zero attached hydrogens (tertiary/aromatic N) is 1. The molecule has 2 rings (SSSR count). The van der Waals surface area contributed by atoms with E-state index in [2.05, 4.69) is 17.1 Å². The maximum absolute atomic E-state index is 11.6. The first-order valence-corrected chi connectivity index (χ1v) is 10.0. The summed E-state index contributed by atoms with van der Waals surface area (Å²) >= 11 is 0. The van der Waals surface area contributed by atoms with Gasteiger partial charge in [-0.2, -0.15) is 0 Å². The van der Waals surface area contributed by atoms with Crippen LogP contribution in [0.2, 0.25) is 0 Å². The smallest absolute Gasteiger partial charge is 0.150 e. The summed E-state index contributed by atoms with van der Waals surface area (Å²) in [5, 5.41) is 3.78. The maximum atomic E-state index is 11.6. The molecule has 1 N–H and O–H groups in total. The van der Waals surface area contributed by atoms with Gasteiger partial charge in [-0.1, -0.05) is 26.7 Å². The van der Waals surface area contributed by atoms with Gasteiger partial charge in [-0.15, -0.1) is 0 Å². The van der Waals surface area contributed by atoms with Crippen LogP contribution in [0.5, 0.6) is 0 Å². The van der Waals surface area contributed by atoms with E-state index < -0.39 is 9.84 Å². The molecule has 5 heteroatoms. The Morgan fingerprint density at radius 2 is 1.95 bits per heavy atom. The van der Waals surface area contributed by atoms with Gasteiger partial charge in [0.25, 0.3) is 0 Å². The summed E-state index contributed by atoms with van der Waals surface area (Å²) in [6.07, 6.45) is 7.16. The van der Waals surface area contributed by atoms with Crippen molar-refractivity contribution in [1.29, 1.82) is 0 Å². The molecule has 0 bridgehead atoms. The standard InChI is InChI=1S/C15H30N2O2S/c1-3-14-12-16-15(8-5-6-9-15)13-17(14)10-7-11-20(18,19)4-2/h14,16H,3-13H2,1-2H3. The van der Waals surface area contributed by atoms with Crippen molar-refractivity contribution in [3.05, 3.63) is 0 Å². The third kappa shape index (κ3) is 3.95. The highest BCUT2D eigenvalue weighted by atomic mass is 32.2. The molecule has 118 valence electrons. The summed E-state index contributed by atoms with van der Waals surface area (Å²) in [4.78, 5) is 2.55. The number of rotatable bonds is 6. The van der Waals surface area contributed by atoms with Gasteiger partial charge in [0.05, 0.1) is 5.75 Å². The predicted molar refractivity (Wildman–Crippen MR) is 83.8 cm³/mol. The first kappa shape index (κ1) is 16.2. The molecule has 1 atom stereocenters. The Kier molecular flexibility index (Phi) is 5.49. The highest BCUT2D eigenvalue weighted by molar-refractivity contribution is 7.91. The topological polar surface area (TPSA) is 49.4 Å². The molecule has 0 aromatic heterocycles. The summed E-state index contributed by atoms with van der Waals surface area (Å²) < 4.78 is 23.2. The van der Waals surface area contributed by atoms with Crippen molar-refractivity contribution in [2.75, 3.05) is 31.1 Å². The van der Waals surface area contributed by atoms with Crippen molar-refractivity contribution < 1.29 is 8.42 Å². The molecule has 1 saturated carbocycles. The van der Waals surface area contributed by atoms with Gasteiger partial charge < -0.3 is 5.32 Å². The SMILES string of the molecule is CCC1CNC2(CCCC2)CN1CCCS(=O)(=O)CC. The molecule has 2 aliphatic rings. The van der Waals surface area contributed by atoms with Crippen LogP contribution in [0, 0.1) is 0 Å². The largest absolute Gasteiger partial charge is 0.308 e. The third-order valence-corrected chi connectivity index (χ3v) is 6.90. The van der Waals surface area contributed by atoms with Crippen LogP contribution in [0.3, 0.4) is 0 Å². The number of piperazine rings is 1. The van der Waals surface area contributed by atoms with Crippen LogP contribution in [0.15, 0.2) is 0 Å². The molecule has 1 spiro atoms. The van der Waals surface area contributed by atoms with E-state index in [1.165, 1.54) is 25.7 Å². The van der Waals surface area contributed by atoms with E-state index in [9.17, 15) is 8.42 Å². The van der Waals surface area contributed by atoms with E-state index >= 15 is 0 Å². The van der Waals surface area contributed by atoms with Crippen LogP contribution in [0.4, 0.5) is 0 Å². The number of nitrogens with one attached hydrogen (secondary N) is 1. The Morgan fingerprint density at radius 1 is 1.25 bits per heavy atom. The molecule has 0 aromatic rings. The lowest BCUT2D eigenvalue weighted by Gasteiger charge is -2.46. The van der Waals surface area contributed by atoms with Gasteiger partial charge in [0, 0.05) is 30.4 Å². The zero-order chi connectivity index (χ0) is 14.6. The minimum Gasteiger partial charge on any atom is -0.308 e. The van der Waals surface area contributed by atoms with Gasteiger partial charge in [-0.3, -0.25) is 4.90 Å². The molecule has 0 radical (unpaired) electrons.